The van der Waals surface area contributed by atoms with Crippen LogP contribution in [0.5, 0.6) is 0 Å². The zero-order valence-corrected chi connectivity index (χ0v) is 27.7. The lowest BCUT2D eigenvalue weighted by Gasteiger charge is -2.30. The number of aldehydes is 1. The van der Waals surface area contributed by atoms with Crippen molar-refractivity contribution in [2.45, 2.75) is 44.7 Å². The van der Waals surface area contributed by atoms with Gasteiger partial charge in [-0.1, -0.05) is 41.9 Å². The van der Waals surface area contributed by atoms with E-state index in [0.29, 0.717) is 16.7 Å². The zero-order chi connectivity index (χ0) is 35.7. The molecule has 0 spiro atoms. The van der Waals surface area contributed by atoms with E-state index in [-0.39, 0.29) is 23.7 Å². The number of rotatable bonds is 9. The molecule has 47 heavy (non-hydrogen) atoms. The molecule has 0 aliphatic carbocycles. The van der Waals surface area contributed by atoms with Gasteiger partial charge in [-0.05, 0) is 61.1 Å². The van der Waals surface area contributed by atoms with Crippen LogP contribution < -0.4 is 16.0 Å². The van der Waals surface area contributed by atoms with Crippen molar-refractivity contribution < 1.29 is 40.3 Å². The summed E-state index contributed by atoms with van der Waals surface area (Å²) >= 11 is 7.41. The van der Waals surface area contributed by atoms with E-state index in [1.54, 1.807) is 43.1 Å². The maximum atomic E-state index is 13.2. The molecule has 0 saturated carbocycles. The number of carbonyl (C=O) groups excluding carboxylic acids is 2. The molecule has 0 radical (unpaired) electrons. The quantitative estimate of drug-likeness (QED) is 0.138. The Balaban J connectivity index is 0.000000540. The van der Waals surface area contributed by atoms with Crippen LogP contribution >= 0.6 is 23.4 Å². The Labute approximate surface area is 276 Å². The van der Waals surface area contributed by atoms with Crippen molar-refractivity contribution in [3.63, 3.8) is 0 Å². The van der Waals surface area contributed by atoms with E-state index in [1.165, 1.54) is 4.57 Å². The first-order chi connectivity index (χ1) is 22.0. The van der Waals surface area contributed by atoms with Crippen LogP contribution in [0.2, 0.25) is 5.02 Å². The average molecular weight is 706 g/mol. The lowest BCUT2D eigenvalue weighted by atomic mass is 9.97. The summed E-state index contributed by atoms with van der Waals surface area (Å²) in [5.74, 6) is -3.72. The molecule has 7 nitrogen and oxygen atoms in total. The lowest BCUT2D eigenvalue weighted by molar-refractivity contribution is -0.253. The minimum atomic E-state index is -5.55. The lowest BCUT2D eigenvalue weighted by Crippen LogP contribution is -2.34. The number of carbonyl (C=O) groups is 2. The number of fused-ring (bicyclic) bond motifs is 1. The summed E-state index contributed by atoms with van der Waals surface area (Å²) in [5, 5.41) is 3.76. The maximum absolute atomic E-state index is 13.2. The van der Waals surface area contributed by atoms with Gasteiger partial charge in [-0.25, -0.2) is 4.79 Å². The Bertz CT molecular complexity index is 1690. The number of thioether (sulfide) groups is 1. The number of aromatic nitrogens is 1. The van der Waals surface area contributed by atoms with Gasteiger partial charge in [-0.3, -0.25) is 9.36 Å². The number of hydrogen-bond donors (Lipinski definition) is 1. The molecule has 0 aliphatic heterocycles. The van der Waals surface area contributed by atoms with Crippen LogP contribution in [0, 0.1) is 6.92 Å². The average Bonchev–Trinajstić information content (AvgIpc) is 3.31. The summed E-state index contributed by atoms with van der Waals surface area (Å²) in [6, 6.07) is 13.3. The number of anilines is 2. The summed E-state index contributed by atoms with van der Waals surface area (Å²) in [6.45, 7) is 5.88. The highest BCUT2D eigenvalue weighted by atomic mass is 35.5. The van der Waals surface area contributed by atoms with Gasteiger partial charge >= 0.3 is 18.1 Å². The molecule has 256 valence electrons. The normalized spacial score (nSPS) is 12.1. The Morgan fingerprint density at radius 1 is 1.06 bits per heavy atom. The summed E-state index contributed by atoms with van der Waals surface area (Å²) in [4.78, 5) is 33.0. The number of oxazole rings is 1. The van der Waals surface area contributed by atoms with Gasteiger partial charge in [0.25, 0.3) is 0 Å². The highest BCUT2D eigenvalue weighted by Crippen LogP contribution is 2.46. The molecule has 1 aromatic heterocycles. The molecule has 0 bridgehead atoms. The van der Waals surface area contributed by atoms with Gasteiger partial charge in [0.2, 0.25) is 0 Å². The molecule has 0 saturated heterocycles. The molecular weight excluding hydrogens is 672 g/mol. The second-order valence-electron chi connectivity index (χ2n) is 10.2. The molecule has 4 aromatic rings. The van der Waals surface area contributed by atoms with Crippen LogP contribution in [-0.2, 0) is 11.3 Å². The van der Waals surface area contributed by atoms with Crippen LogP contribution in [0.1, 0.15) is 39.9 Å². The monoisotopic (exact) mass is 705 g/mol. The molecule has 0 aliphatic rings. The highest BCUT2D eigenvalue weighted by molar-refractivity contribution is 7.98. The number of nitrogens with one attached hydrogen (secondary N) is 1. The first-order valence-electron chi connectivity index (χ1n) is 13.8. The molecule has 4 rings (SSSR count). The van der Waals surface area contributed by atoms with E-state index in [1.807, 2.05) is 46.1 Å². The molecule has 15 heteroatoms. The largest absolute Gasteiger partial charge is 0.420 e. The fourth-order valence-corrected chi connectivity index (χ4v) is 5.70. The van der Waals surface area contributed by atoms with E-state index in [2.05, 4.69) is 10.2 Å². The molecule has 1 atom stereocenters. The Morgan fingerprint density at radius 2 is 1.68 bits per heavy atom. The Morgan fingerprint density at radius 3 is 2.21 bits per heavy atom. The van der Waals surface area contributed by atoms with E-state index in [9.17, 15) is 35.9 Å². The molecule has 1 unspecified atom stereocenters. The molecule has 0 fully saturated rings. The summed E-state index contributed by atoms with van der Waals surface area (Å²) < 4.78 is 85.2. The predicted molar refractivity (Wildman–Crippen MR) is 175 cm³/mol. The summed E-state index contributed by atoms with van der Waals surface area (Å²) in [5.41, 5.74) is 2.57. The number of halogens is 7. The summed E-state index contributed by atoms with van der Waals surface area (Å²) in [6.07, 6.45) is -8.30. The van der Waals surface area contributed by atoms with E-state index in [4.69, 9.17) is 20.8 Å². The third-order valence-corrected chi connectivity index (χ3v) is 8.48. The standard InChI is InChI=1S/C23H25F6N3O2S.C8H7ClO.CH2O/c1-13(12-35-4)31(3)19-15(6-5-7-16(19)30-2)11-32-17-9-8-14(10-18(17)34-21(32)33)20(22(24,25)26)23(27,28)29;1-6-7(5-10)3-2-4-8(6)9;1-2/h5-10,13,20,30H,11-12H2,1-4H3;2-5H,1H3;1H2. The van der Waals surface area contributed by atoms with E-state index in [0.717, 1.165) is 46.7 Å². The first-order valence-corrected chi connectivity index (χ1v) is 15.6. The zero-order valence-electron chi connectivity index (χ0n) is 26.1. The van der Waals surface area contributed by atoms with Gasteiger partial charge in [0.05, 0.1) is 23.4 Å². The topological polar surface area (TPSA) is 84.6 Å². The van der Waals surface area contributed by atoms with Crippen LogP contribution in [0.15, 0.2) is 63.8 Å². The third-order valence-electron chi connectivity index (χ3n) is 7.26. The second kappa shape index (κ2) is 16.8. The Hall–Kier alpha value is -3.91. The molecule has 1 heterocycles. The van der Waals surface area contributed by atoms with Crippen molar-refractivity contribution in [1.29, 1.82) is 0 Å². The number of benzene rings is 3. The third kappa shape index (κ3) is 9.57. The van der Waals surface area contributed by atoms with Crippen molar-refractivity contribution in [2.75, 3.05) is 36.3 Å². The SMILES string of the molecule is C=O.CNc1cccc(Cn2c(=O)oc3cc(C(C(F)(F)F)C(F)(F)F)ccc32)c1N(C)C(C)CSC.Cc1c(Cl)cccc1C=O. The van der Waals surface area contributed by atoms with Crippen molar-refractivity contribution >= 4 is 58.9 Å². The van der Waals surface area contributed by atoms with Gasteiger partial charge in [0.1, 0.15) is 13.1 Å². The van der Waals surface area contributed by atoms with Crippen molar-refractivity contribution in [1.82, 2.24) is 4.57 Å². The van der Waals surface area contributed by atoms with Gasteiger partial charge in [-0.2, -0.15) is 38.1 Å². The van der Waals surface area contributed by atoms with Gasteiger partial charge < -0.3 is 19.4 Å². The smallest absolute Gasteiger partial charge is 0.408 e. The van der Waals surface area contributed by atoms with Crippen LogP contribution in [0.3, 0.4) is 0 Å². The van der Waals surface area contributed by atoms with Crippen molar-refractivity contribution in [3.8, 4) is 0 Å². The van der Waals surface area contributed by atoms with Gasteiger partial charge in [0.15, 0.2) is 11.5 Å². The molecule has 0 amide bonds. The minimum absolute atomic E-state index is 0.00827. The fourth-order valence-electron chi connectivity index (χ4n) is 4.81. The van der Waals surface area contributed by atoms with Crippen molar-refractivity contribution in [3.05, 3.63) is 92.4 Å². The van der Waals surface area contributed by atoms with E-state index >= 15 is 0 Å². The molecule has 1 N–H and O–H groups in total. The number of alkyl halides is 6. The number of nitrogens with zero attached hydrogens (tertiary/aromatic N) is 2. The molecule has 3 aromatic carbocycles. The highest BCUT2D eigenvalue weighted by Gasteiger charge is 2.57. The van der Waals surface area contributed by atoms with Crippen LogP contribution in [0.4, 0.5) is 37.7 Å². The van der Waals surface area contributed by atoms with Gasteiger partial charge in [0, 0.05) is 36.5 Å². The van der Waals surface area contributed by atoms with Crippen LogP contribution in [-0.4, -0.2) is 62.1 Å². The van der Waals surface area contributed by atoms with Crippen molar-refractivity contribution in [2.24, 2.45) is 0 Å². The van der Waals surface area contributed by atoms with Gasteiger partial charge in [-0.15, -0.1) is 0 Å². The Kier molecular flexibility index (Phi) is 14.0. The predicted octanol–water partition coefficient (Wildman–Crippen LogP) is 8.36. The first kappa shape index (κ1) is 39.3. The number of para-hydroxylation sites is 1. The minimum Gasteiger partial charge on any atom is -0.408 e. The second-order valence-corrected chi connectivity index (χ2v) is 11.6. The molecular formula is C32H34ClF6N3O4S. The summed E-state index contributed by atoms with van der Waals surface area (Å²) in [7, 11) is 3.67. The van der Waals surface area contributed by atoms with Crippen LogP contribution in [0.25, 0.3) is 11.1 Å². The maximum Gasteiger partial charge on any atom is 0.420 e. The van der Waals surface area contributed by atoms with E-state index < -0.39 is 29.6 Å². The fraction of sp³-hybridized carbons (Fsp3) is 0.344. The number of hydrogen-bond acceptors (Lipinski definition) is 7.